The highest BCUT2D eigenvalue weighted by molar-refractivity contribution is 9.10. The fourth-order valence-electron chi connectivity index (χ4n) is 3.09. The minimum atomic E-state index is 0.245. The summed E-state index contributed by atoms with van der Waals surface area (Å²) in [6, 6.07) is 8.66. The zero-order valence-electron chi connectivity index (χ0n) is 12.2. The number of pyridine rings is 2. The van der Waals surface area contributed by atoms with Gasteiger partial charge in [0, 0.05) is 28.5 Å². The van der Waals surface area contributed by atoms with Crippen molar-refractivity contribution in [2.75, 3.05) is 6.54 Å². The lowest BCUT2D eigenvalue weighted by molar-refractivity contribution is 0.428. The predicted octanol–water partition coefficient (Wildman–Crippen LogP) is 4.01. The molecule has 0 radical (unpaired) electrons. The summed E-state index contributed by atoms with van der Waals surface area (Å²) in [5.74, 6) is 0.418. The molecule has 0 aromatic carbocycles. The molecule has 0 fully saturated rings. The van der Waals surface area contributed by atoms with Crippen molar-refractivity contribution in [2.24, 2.45) is 0 Å². The van der Waals surface area contributed by atoms with E-state index in [1.54, 1.807) is 0 Å². The Morgan fingerprint density at radius 2 is 2.24 bits per heavy atom. The molecule has 1 aliphatic rings. The first-order valence-electron chi connectivity index (χ1n) is 7.58. The minimum Gasteiger partial charge on any atom is -0.308 e. The van der Waals surface area contributed by atoms with Crippen LogP contribution in [0.25, 0.3) is 0 Å². The third-order valence-corrected chi connectivity index (χ3v) is 4.56. The topological polar surface area (TPSA) is 37.8 Å². The smallest absolute Gasteiger partial charge is 0.0580 e. The van der Waals surface area contributed by atoms with Gasteiger partial charge in [0.15, 0.2) is 0 Å². The summed E-state index contributed by atoms with van der Waals surface area (Å²) in [6.45, 7) is 3.20. The van der Waals surface area contributed by atoms with Crippen molar-refractivity contribution in [3.63, 3.8) is 0 Å². The van der Waals surface area contributed by atoms with Crippen LogP contribution in [0.1, 0.15) is 48.7 Å². The SMILES string of the molecule is CCCNC(c1ccc(Br)cn1)C1CCc2cccnc21. The number of hydrogen-bond donors (Lipinski definition) is 1. The van der Waals surface area contributed by atoms with E-state index in [9.17, 15) is 0 Å². The Morgan fingerprint density at radius 1 is 1.33 bits per heavy atom. The van der Waals surface area contributed by atoms with E-state index in [0.717, 1.165) is 36.0 Å². The fourth-order valence-corrected chi connectivity index (χ4v) is 3.33. The van der Waals surface area contributed by atoms with Crippen LogP contribution in [0.3, 0.4) is 0 Å². The molecule has 2 unspecified atom stereocenters. The molecule has 0 saturated heterocycles. The Kier molecular flexibility index (Phi) is 4.66. The molecular formula is C17H20BrN3. The third kappa shape index (κ3) is 3.16. The highest BCUT2D eigenvalue weighted by Gasteiger charge is 2.32. The molecular weight excluding hydrogens is 326 g/mol. The van der Waals surface area contributed by atoms with E-state index in [0.29, 0.717) is 5.92 Å². The maximum absolute atomic E-state index is 4.64. The van der Waals surface area contributed by atoms with Crippen molar-refractivity contribution in [1.29, 1.82) is 0 Å². The molecule has 2 heterocycles. The van der Waals surface area contributed by atoms with Crippen molar-refractivity contribution < 1.29 is 0 Å². The molecule has 2 aromatic heterocycles. The molecule has 4 heteroatoms. The van der Waals surface area contributed by atoms with Gasteiger partial charge in [-0.1, -0.05) is 13.0 Å². The molecule has 21 heavy (non-hydrogen) atoms. The van der Waals surface area contributed by atoms with E-state index >= 15 is 0 Å². The maximum Gasteiger partial charge on any atom is 0.0580 e. The van der Waals surface area contributed by atoms with Crippen LogP contribution in [-0.4, -0.2) is 16.5 Å². The summed E-state index contributed by atoms with van der Waals surface area (Å²) in [5, 5.41) is 3.67. The van der Waals surface area contributed by atoms with E-state index in [1.807, 2.05) is 18.5 Å². The van der Waals surface area contributed by atoms with Gasteiger partial charge in [0.25, 0.3) is 0 Å². The normalized spacial score (nSPS) is 18.5. The Balaban J connectivity index is 1.91. The molecule has 0 spiro atoms. The van der Waals surface area contributed by atoms with Crippen LogP contribution < -0.4 is 5.32 Å². The zero-order valence-corrected chi connectivity index (χ0v) is 13.8. The second kappa shape index (κ2) is 6.67. The lowest BCUT2D eigenvalue weighted by Crippen LogP contribution is -2.28. The van der Waals surface area contributed by atoms with Crippen LogP contribution in [-0.2, 0) is 6.42 Å². The molecule has 2 atom stereocenters. The van der Waals surface area contributed by atoms with Gasteiger partial charge in [-0.25, -0.2) is 0 Å². The van der Waals surface area contributed by atoms with Gasteiger partial charge in [-0.3, -0.25) is 9.97 Å². The predicted molar refractivity (Wildman–Crippen MR) is 88.3 cm³/mol. The van der Waals surface area contributed by atoms with Gasteiger partial charge in [-0.05, 0) is 65.5 Å². The number of hydrogen-bond acceptors (Lipinski definition) is 3. The molecule has 0 aliphatic heterocycles. The van der Waals surface area contributed by atoms with Crippen molar-refractivity contribution in [1.82, 2.24) is 15.3 Å². The molecule has 3 rings (SSSR count). The standard InChI is InChI=1S/C17H20BrN3/c1-2-9-19-17(15-8-6-13(18)11-21-15)14-7-5-12-4-3-10-20-16(12)14/h3-4,6,8,10-11,14,17,19H,2,5,7,9H2,1H3. The maximum atomic E-state index is 4.64. The second-order valence-electron chi connectivity index (χ2n) is 5.53. The van der Waals surface area contributed by atoms with Gasteiger partial charge >= 0.3 is 0 Å². The molecule has 3 nitrogen and oxygen atoms in total. The molecule has 0 amide bonds. The van der Waals surface area contributed by atoms with Crippen LogP contribution in [0.2, 0.25) is 0 Å². The Hall–Kier alpha value is -1.26. The van der Waals surface area contributed by atoms with Crippen LogP contribution in [0.4, 0.5) is 0 Å². The molecule has 0 saturated carbocycles. The van der Waals surface area contributed by atoms with Crippen LogP contribution in [0, 0.1) is 0 Å². The number of nitrogens with one attached hydrogen (secondary N) is 1. The van der Waals surface area contributed by atoms with Crippen molar-refractivity contribution in [2.45, 2.75) is 38.1 Å². The molecule has 110 valence electrons. The number of fused-ring (bicyclic) bond motifs is 1. The molecule has 0 bridgehead atoms. The summed E-state index contributed by atoms with van der Waals surface area (Å²) in [6.07, 6.45) is 7.17. The van der Waals surface area contributed by atoms with Crippen LogP contribution >= 0.6 is 15.9 Å². The summed E-state index contributed by atoms with van der Waals surface area (Å²) in [4.78, 5) is 9.25. The van der Waals surface area contributed by atoms with Gasteiger partial charge in [-0.2, -0.15) is 0 Å². The number of aromatic nitrogens is 2. The first-order valence-corrected chi connectivity index (χ1v) is 8.37. The number of aryl methyl sites for hydroxylation is 1. The third-order valence-electron chi connectivity index (χ3n) is 4.09. The largest absolute Gasteiger partial charge is 0.308 e. The van der Waals surface area contributed by atoms with E-state index in [1.165, 1.54) is 11.3 Å². The van der Waals surface area contributed by atoms with E-state index < -0.39 is 0 Å². The van der Waals surface area contributed by atoms with Crippen LogP contribution in [0.5, 0.6) is 0 Å². The van der Waals surface area contributed by atoms with E-state index in [-0.39, 0.29) is 6.04 Å². The monoisotopic (exact) mass is 345 g/mol. The second-order valence-corrected chi connectivity index (χ2v) is 6.44. The highest BCUT2D eigenvalue weighted by Crippen LogP contribution is 2.39. The van der Waals surface area contributed by atoms with Crippen molar-refractivity contribution in [3.8, 4) is 0 Å². The minimum absolute atomic E-state index is 0.245. The lowest BCUT2D eigenvalue weighted by Gasteiger charge is -2.24. The fraction of sp³-hybridized carbons (Fsp3) is 0.412. The number of halogens is 1. The average molecular weight is 346 g/mol. The van der Waals surface area contributed by atoms with E-state index in [2.05, 4.69) is 56.3 Å². The van der Waals surface area contributed by atoms with Crippen molar-refractivity contribution >= 4 is 15.9 Å². The lowest BCUT2D eigenvalue weighted by atomic mass is 9.93. The van der Waals surface area contributed by atoms with Gasteiger partial charge in [0.2, 0.25) is 0 Å². The van der Waals surface area contributed by atoms with Crippen molar-refractivity contribution in [3.05, 3.63) is 58.1 Å². The summed E-state index contributed by atoms with van der Waals surface area (Å²) >= 11 is 3.46. The van der Waals surface area contributed by atoms with Gasteiger partial charge in [0.05, 0.1) is 11.7 Å². The first kappa shape index (κ1) is 14.7. The number of nitrogens with zero attached hydrogens (tertiary/aromatic N) is 2. The van der Waals surface area contributed by atoms with Gasteiger partial charge in [0.1, 0.15) is 0 Å². The number of rotatable bonds is 5. The average Bonchev–Trinajstić information content (AvgIpc) is 2.93. The highest BCUT2D eigenvalue weighted by atomic mass is 79.9. The molecule has 2 aromatic rings. The van der Waals surface area contributed by atoms with Gasteiger partial charge < -0.3 is 5.32 Å². The molecule has 1 N–H and O–H groups in total. The zero-order chi connectivity index (χ0) is 14.7. The van der Waals surface area contributed by atoms with E-state index in [4.69, 9.17) is 0 Å². The Bertz CT molecular complexity index is 597. The summed E-state index contributed by atoms with van der Waals surface area (Å²) in [7, 11) is 0. The summed E-state index contributed by atoms with van der Waals surface area (Å²) < 4.78 is 1.02. The summed E-state index contributed by atoms with van der Waals surface area (Å²) in [5.41, 5.74) is 3.74. The first-order chi connectivity index (χ1) is 10.3. The quantitative estimate of drug-likeness (QED) is 0.889. The van der Waals surface area contributed by atoms with Gasteiger partial charge in [-0.15, -0.1) is 0 Å². The Morgan fingerprint density at radius 3 is 3.00 bits per heavy atom. The van der Waals surface area contributed by atoms with Crippen LogP contribution in [0.15, 0.2) is 41.1 Å². The molecule has 1 aliphatic carbocycles. The Labute approximate surface area is 134 Å².